The quantitative estimate of drug-likeness (QED) is 0.584. The SMILES string of the molecule is CC(C)OCC12CC(C1)C2. The van der Waals surface area contributed by atoms with Gasteiger partial charge in [0.05, 0.1) is 12.7 Å². The van der Waals surface area contributed by atoms with E-state index in [0.717, 1.165) is 12.5 Å². The Balaban J connectivity index is 1.71. The predicted octanol–water partition coefficient (Wildman–Crippen LogP) is 2.21. The van der Waals surface area contributed by atoms with E-state index in [1.54, 1.807) is 0 Å². The highest BCUT2D eigenvalue weighted by Gasteiger charge is 2.56. The summed E-state index contributed by atoms with van der Waals surface area (Å²) in [6.45, 7) is 5.26. The van der Waals surface area contributed by atoms with E-state index >= 15 is 0 Å². The van der Waals surface area contributed by atoms with Crippen molar-refractivity contribution in [3.63, 3.8) is 0 Å². The van der Waals surface area contributed by atoms with E-state index < -0.39 is 0 Å². The molecule has 3 aliphatic carbocycles. The molecular formula is C9H16O. The van der Waals surface area contributed by atoms with Gasteiger partial charge in [0, 0.05) is 0 Å². The molecule has 0 atom stereocenters. The summed E-state index contributed by atoms with van der Waals surface area (Å²) in [5, 5.41) is 0. The molecule has 0 aromatic carbocycles. The van der Waals surface area contributed by atoms with Crippen molar-refractivity contribution in [3.05, 3.63) is 0 Å². The second-order valence-electron chi connectivity index (χ2n) is 4.34. The summed E-state index contributed by atoms with van der Waals surface area (Å²) in [5.41, 5.74) is 0.676. The summed E-state index contributed by atoms with van der Waals surface area (Å²) < 4.78 is 5.59. The second-order valence-corrected chi connectivity index (χ2v) is 4.34. The normalized spacial score (nSPS) is 42.9. The Morgan fingerprint density at radius 3 is 2.30 bits per heavy atom. The topological polar surface area (TPSA) is 9.23 Å². The van der Waals surface area contributed by atoms with Gasteiger partial charge in [0.25, 0.3) is 0 Å². The van der Waals surface area contributed by atoms with Crippen LogP contribution < -0.4 is 0 Å². The molecule has 2 bridgehead atoms. The van der Waals surface area contributed by atoms with E-state index in [4.69, 9.17) is 4.74 Å². The van der Waals surface area contributed by atoms with Crippen LogP contribution in [0.15, 0.2) is 0 Å². The van der Waals surface area contributed by atoms with Crippen molar-refractivity contribution in [2.45, 2.75) is 39.2 Å². The van der Waals surface area contributed by atoms with E-state index in [-0.39, 0.29) is 0 Å². The third-order valence-electron chi connectivity index (χ3n) is 2.89. The molecule has 3 saturated carbocycles. The Morgan fingerprint density at radius 1 is 1.40 bits per heavy atom. The summed E-state index contributed by atoms with van der Waals surface area (Å²) in [4.78, 5) is 0. The minimum atomic E-state index is 0.425. The van der Waals surface area contributed by atoms with Gasteiger partial charge in [-0.3, -0.25) is 0 Å². The molecule has 1 heteroatoms. The van der Waals surface area contributed by atoms with Crippen molar-refractivity contribution in [1.29, 1.82) is 0 Å². The molecule has 0 aromatic heterocycles. The Kier molecular flexibility index (Phi) is 1.31. The van der Waals surface area contributed by atoms with Gasteiger partial charge in [-0.2, -0.15) is 0 Å². The molecule has 0 saturated heterocycles. The molecule has 0 heterocycles. The zero-order chi connectivity index (χ0) is 7.19. The first-order valence-corrected chi connectivity index (χ1v) is 4.32. The Morgan fingerprint density at radius 2 is 2.00 bits per heavy atom. The maximum atomic E-state index is 5.59. The number of ether oxygens (including phenoxy) is 1. The van der Waals surface area contributed by atoms with Crippen LogP contribution in [-0.2, 0) is 4.74 Å². The van der Waals surface area contributed by atoms with Crippen LogP contribution in [0, 0.1) is 11.3 Å². The van der Waals surface area contributed by atoms with E-state index in [2.05, 4.69) is 13.8 Å². The van der Waals surface area contributed by atoms with Gasteiger partial charge < -0.3 is 4.74 Å². The summed E-state index contributed by atoms with van der Waals surface area (Å²) in [7, 11) is 0. The first-order chi connectivity index (χ1) is 4.70. The van der Waals surface area contributed by atoms with Crippen molar-refractivity contribution < 1.29 is 4.74 Å². The van der Waals surface area contributed by atoms with Crippen LogP contribution in [-0.4, -0.2) is 12.7 Å². The number of rotatable bonds is 3. The molecule has 58 valence electrons. The van der Waals surface area contributed by atoms with E-state index in [1.807, 2.05) is 0 Å². The van der Waals surface area contributed by atoms with Crippen LogP contribution in [0.1, 0.15) is 33.1 Å². The van der Waals surface area contributed by atoms with E-state index in [0.29, 0.717) is 11.5 Å². The average Bonchev–Trinajstić information content (AvgIpc) is 1.56. The zero-order valence-corrected chi connectivity index (χ0v) is 6.89. The van der Waals surface area contributed by atoms with Crippen LogP contribution in [0.2, 0.25) is 0 Å². The lowest BCUT2D eigenvalue weighted by atomic mass is 9.45. The fourth-order valence-corrected chi connectivity index (χ4v) is 2.18. The highest BCUT2D eigenvalue weighted by molar-refractivity contribution is 5.06. The Hall–Kier alpha value is -0.0400. The highest BCUT2D eigenvalue weighted by Crippen LogP contribution is 2.64. The fraction of sp³-hybridized carbons (Fsp3) is 1.00. The van der Waals surface area contributed by atoms with Crippen molar-refractivity contribution in [2.24, 2.45) is 11.3 Å². The van der Waals surface area contributed by atoms with E-state index in [1.165, 1.54) is 19.3 Å². The standard InChI is InChI=1S/C9H16O/c1-7(2)10-6-9-3-8(4-9)5-9/h7-8H,3-6H2,1-2H3. The molecule has 0 unspecified atom stereocenters. The lowest BCUT2D eigenvalue weighted by Crippen LogP contribution is -2.54. The molecule has 3 rings (SSSR count). The van der Waals surface area contributed by atoms with Crippen molar-refractivity contribution in [2.75, 3.05) is 6.61 Å². The minimum Gasteiger partial charge on any atom is -0.378 e. The van der Waals surface area contributed by atoms with Gasteiger partial charge in [-0.1, -0.05) is 0 Å². The number of hydrogen-bond donors (Lipinski definition) is 0. The molecule has 0 radical (unpaired) electrons. The zero-order valence-electron chi connectivity index (χ0n) is 6.89. The first kappa shape index (κ1) is 6.66. The number of hydrogen-bond acceptors (Lipinski definition) is 1. The molecule has 0 spiro atoms. The molecule has 0 N–H and O–H groups in total. The van der Waals surface area contributed by atoms with Gasteiger partial charge in [-0.05, 0) is 44.4 Å². The molecule has 0 amide bonds. The van der Waals surface area contributed by atoms with Gasteiger partial charge in [0.1, 0.15) is 0 Å². The van der Waals surface area contributed by atoms with Gasteiger partial charge in [-0.15, -0.1) is 0 Å². The molecule has 3 aliphatic rings. The van der Waals surface area contributed by atoms with Gasteiger partial charge >= 0.3 is 0 Å². The summed E-state index contributed by atoms with van der Waals surface area (Å²) >= 11 is 0. The average molecular weight is 140 g/mol. The van der Waals surface area contributed by atoms with Crippen LogP contribution in [0.4, 0.5) is 0 Å². The summed E-state index contributed by atoms with van der Waals surface area (Å²) in [5.74, 6) is 1.09. The molecule has 0 aliphatic heterocycles. The smallest absolute Gasteiger partial charge is 0.0526 e. The first-order valence-electron chi connectivity index (χ1n) is 4.32. The van der Waals surface area contributed by atoms with Crippen molar-refractivity contribution in [1.82, 2.24) is 0 Å². The van der Waals surface area contributed by atoms with Crippen LogP contribution >= 0.6 is 0 Å². The molecule has 10 heavy (non-hydrogen) atoms. The van der Waals surface area contributed by atoms with Gasteiger partial charge in [-0.25, -0.2) is 0 Å². The fourth-order valence-electron chi connectivity index (χ4n) is 2.18. The molecular weight excluding hydrogens is 124 g/mol. The predicted molar refractivity (Wildman–Crippen MR) is 40.9 cm³/mol. The summed E-state index contributed by atoms with van der Waals surface area (Å²) in [6, 6.07) is 0. The third-order valence-corrected chi connectivity index (χ3v) is 2.89. The maximum absolute atomic E-state index is 5.59. The lowest BCUT2D eigenvalue weighted by Gasteiger charge is -2.61. The maximum Gasteiger partial charge on any atom is 0.0526 e. The molecule has 1 nitrogen and oxygen atoms in total. The highest BCUT2D eigenvalue weighted by atomic mass is 16.5. The lowest BCUT2D eigenvalue weighted by molar-refractivity contribution is -0.162. The van der Waals surface area contributed by atoms with Crippen LogP contribution in [0.5, 0.6) is 0 Å². The Bertz CT molecular complexity index is 123. The monoisotopic (exact) mass is 140 g/mol. The van der Waals surface area contributed by atoms with Gasteiger partial charge in [0.2, 0.25) is 0 Å². The van der Waals surface area contributed by atoms with Gasteiger partial charge in [0.15, 0.2) is 0 Å². The minimum absolute atomic E-state index is 0.425. The Labute approximate surface area is 62.8 Å². The van der Waals surface area contributed by atoms with E-state index in [9.17, 15) is 0 Å². The molecule has 0 aromatic rings. The largest absolute Gasteiger partial charge is 0.378 e. The second kappa shape index (κ2) is 1.97. The third kappa shape index (κ3) is 0.878. The van der Waals surface area contributed by atoms with Crippen molar-refractivity contribution in [3.8, 4) is 0 Å². The van der Waals surface area contributed by atoms with Crippen LogP contribution in [0.3, 0.4) is 0 Å². The van der Waals surface area contributed by atoms with Crippen molar-refractivity contribution >= 4 is 0 Å². The summed E-state index contributed by atoms with van der Waals surface area (Å²) in [6.07, 6.45) is 4.80. The van der Waals surface area contributed by atoms with Crippen LogP contribution in [0.25, 0.3) is 0 Å². The molecule has 3 fully saturated rings.